The van der Waals surface area contributed by atoms with E-state index >= 15 is 0 Å². The molecule has 16 heavy (non-hydrogen) atoms. The minimum Gasteiger partial charge on any atom is -0.396 e. The highest BCUT2D eigenvalue weighted by molar-refractivity contribution is 5.97. The van der Waals surface area contributed by atoms with Gasteiger partial charge in [-0.05, 0) is 18.8 Å². The van der Waals surface area contributed by atoms with Crippen molar-refractivity contribution in [1.29, 1.82) is 0 Å². The van der Waals surface area contributed by atoms with Gasteiger partial charge in [0.2, 0.25) is 0 Å². The van der Waals surface area contributed by atoms with E-state index in [-0.39, 0.29) is 17.4 Å². The van der Waals surface area contributed by atoms with E-state index in [1.54, 1.807) is 10.9 Å². The Morgan fingerprint density at radius 2 is 2.38 bits per heavy atom. The summed E-state index contributed by atoms with van der Waals surface area (Å²) in [6.07, 6.45) is 2.71. The van der Waals surface area contributed by atoms with Crippen molar-refractivity contribution in [2.45, 2.75) is 39.8 Å². The van der Waals surface area contributed by atoms with Gasteiger partial charge in [0.15, 0.2) is 5.69 Å². The van der Waals surface area contributed by atoms with Gasteiger partial charge in [0.1, 0.15) is 0 Å². The number of hydrogen-bond donors (Lipinski definition) is 2. The van der Waals surface area contributed by atoms with Crippen molar-refractivity contribution in [3.63, 3.8) is 0 Å². The summed E-state index contributed by atoms with van der Waals surface area (Å²) in [6.45, 7) is 6.93. The lowest BCUT2D eigenvalue weighted by Crippen LogP contribution is -2.29. The number of anilines is 1. The molecule has 88 valence electrons. The molecular formula is C11H18N4O. The van der Waals surface area contributed by atoms with Crippen molar-refractivity contribution in [2.75, 3.05) is 5.73 Å². The molecule has 1 aromatic heterocycles. The normalized spacial score (nSPS) is 21.8. The fraction of sp³-hybridized carbons (Fsp3) is 0.636. The molecule has 2 rings (SSSR count). The van der Waals surface area contributed by atoms with E-state index in [4.69, 9.17) is 5.73 Å². The highest BCUT2D eigenvalue weighted by Gasteiger charge is 2.46. The molecule has 1 atom stereocenters. The van der Waals surface area contributed by atoms with Gasteiger partial charge in [-0.2, -0.15) is 5.10 Å². The molecule has 5 nitrogen and oxygen atoms in total. The summed E-state index contributed by atoms with van der Waals surface area (Å²) in [5.74, 6) is -0.166. The minimum atomic E-state index is -0.166. The van der Waals surface area contributed by atoms with Crippen LogP contribution in [0.4, 0.5) is 5.69 Å². The van der Waals surface area contributed by atoms with E-state index in [0.29, 0.717) is 17.9 Å². The SMILES string of the molecule is CCn1cc(N)c(C(=O)NC2CC2(C)C)n1. The molecule has 1 heterocycles. The molecule has 1 amide bonds. The third kappa shape index (κ3) is 1.89. The Balaban J connectivity index is 2.06. The van der Waals surface area contributed by atoms with Crippen LogP contribution in [-0.2, 0) is 6.54 Å². The Morgan fingerprint density at radius 3 is 2.81 bits per heavy atom. The molecule has 0 aromatic carbocycles. The standard InChI is InChI=1S/C11H18N4O/c1-4-15-6-7(12)9(14-15)10(16)13-8-5-11(8,2)3/h6,8H,4-5,12H2,1-3H3,(H,13,16). The number of nitrogens with two attached hydrogens (primary N) is 1. The topological polar surface area (TPSA) is 72.9 Å². The van der Waals surface area contributed by atoms with Gasteiger partial charge in [-0.25, -0.2) is 0 Å². The monoisotopic (exact) mass is 222 g/mol. The van der Waals surface area contributed by atoms with Gasteiger partial charge in [0.05, 0.1) is 5.69 Å². The Labute approximate surface area is 95.0 Å². The number of aromatic nitrogens is 2. The molecule has 0 bridgehead atoms. The van der Waals surface area contributed by atoms with Crippen molar-refractivity contribution in [2.24, 2.45) is 5.41 Å². The van der Waals surface area contributed by atoms with E-state index in [2.05, 4.69) is 24.3 Å². The number of nitrogens with zero attached hydrogens (tertiary/aromatic N) is 2. The lowest BCUT2D eigenvalue weighted by Gasteiger charge is -2.05. The molecule has 1 aliphatic carbocycles. The fourth-order valence-corrected chi connectivity index (χ4v) is 1.72. The molecule has 1 aromatic rings. The zero-order valence-corrected chi connectivity index (χ0v) is 9.95. The number of hydrogen-bond acceptors (Lipinski definition) is 3. The number of carbonyl (C=O) groups excluding carboxylic acids is 1. The molecule has 0 saturated heterocycles. The van der Waals surface area contributed by atoms with E-state index in [1.165, 1.54) is 0 Å². The van der Waals surface area contributed by atoms with Crippen molar-refractivity contribution in [3.05, 3.63) is 11.9 Å². The van der Waals surface area contributed by atoms with Crippen molar-refractivity contribution >= 4 is 11.6 Å². The Hall–Kier alpha value is -1.52. The number of nitrogen functional groups attached to an aromatic ring is 1. The Morgan fingerprint density at radius 1 is 1.75 bits per heavy atom. The van der Waals surface area contributed by atoms with Crippen LogP contribution in [0, 0.1) is 5.41 Å². The first kappa shape index (κ1) is 11.0. The second kappa shape index (κ2) is 3.50. The first-order chi connectivity index (χ1) is 7.44. The van der Waals surface area contributed by atoms with Crippen molar-refractivity contribution in [1.82, 2.24) is 15.1 Å². The summed E-state index contributed by atoms with van der Waals surface area (Å²) < 4.78 is 1.67. The molecule has 1 unspecified atom stereocenters. The third-order valence-electron chi connectivity index (χ3n) is 3.15. The van der Waals surface area contributed by atoms with Crippen molar-refractivity contribution < 1.29 is 4.79 Å². The Kier molecular flexibility index (Phi) is 2.40. The van der Waals surface area contributed by atoms with Crippen LogP contribution >= 0.6 is 0 Å². The van der Waals surface area contributed by atoms with Crippen LogP contribution in [0.5, 0.6) is 0 Å². The summed E-state index contributed by atoms with van der Waals surface area (Å²) >= 11 is 0. The lowest BCUT2D eigenvalue weighted by molar-refractivity contribution is 0.0941. The molecule has 0 radical (unpaired) electrons. The minimum absolute atomic E-state index is 0.166. The maximum atomic E-state index is 11.9. The maximum Gasteiger partial charge on any atom is 0.274 e. The number of nitrogens with one attached hydrogen (secondary N) is 1. The van der Waals surface area contributed by atoms with E-state index in [1.807, 2.05) is 6.92 Å². The van der Waals surface area contributed by atoms with Crippen LogP contribution in [0.15, 0.2) is 6.20 Å². The first-order valence-electron chi connectivity index (χ1n) is 5.58. The van der Waals surface area contributed by atoms with Gasteiger partial charge in [-0.3, -0.25) is 9.48 Å². The van der Waals surface area contributed by atoms with Crippen LogP contribution in [-0.4, -0.2) is 21.7 Å². The summed E-state index contributed by atoms with van der Waals surface area (Å²) in [4.78, 5) is 11.9. The molecule has 1 saturated carbocycles. The second-order valence-corrected chi connectivity index (χ2v) is 5.01. The predicted molar refractivity (Wildman–Crippen MR) is 62.0 cm³/mol. The summed E-state index contributed by atoms with van der Waals surface area (Å²) in [7, 11) is 0. The van der Waals surface area contributed by atoms with Gasteiger partial charge in [0.25, 0.3) is 5.91 Å². The van der Waals surface area contributed by atoms with Crippen LogP contribution < -0.4 is 11.1 Å². The molecule has 0 spiro atoms. The number of amides is 1. The average Bonchev–Trinajstić information content (AvgIpc) is 2.64. The summed E-state index contributed by atoms with van der Waals surface area (Å²) in [6, 6.07) is 0.256. The van der Waals surface area contributed by atoms with E-state index in [0.717, 1.165) is 6.42 Å². The second-order valence-electron chi connectivity index (χ2n) is 5.01. The number of carbonyl (C=O) groups is 1. The fourth-order valence-electron chi connectivity index (χ4n) is 1.72. The smallest absolute Gasteiger partial charge is 0.274 e. The van der Waals surface area contributed by atoms with Gasteiger partial charge in [0, 0.05) is 18.8 Å². The highest BCUT2D eigenvalue weighted by Crippen LogP contribution is 2.44. The molecule has 1 fully saturated rings. The predicted octanol–water partition coefficient (Wildman–Crippen LogP) is 1.01. The third-order valence-corrected chi connectivity index (χ3v) is 3.15. The zero-order valence-electron chi connectivity index (χ0n) is 9.95. The van der Waals surface area contributed by atoms with E-state index in [9.17, 15) is 4.79 Å². The van der Waals surface area contributed by atoms with Crippen LogP contribution in [0.1, 0.15) is 37.7 Å². The van der Waals surface area contributed by atoms with Crippen LogP contribution in [0.3, 0.4) is 0 Å². The first-order valence-corrected chi connectivity index (χ1v) is 5.58. The van der Waals surface area contributed by atoms with Crippen molar-refractivity contribution in [3.8, 4) is 0 Å². The summed E-state index contributed by atoms with van der Waals surface area (Å²) in [5, 5.41) is 7.08. The molecule has 3 N–H and O–H groups in total. The zero-order chi connectivity index (χ0) is 11.9. The Bertz CT molecular complexity index is 422. The summed E-state index contributed by atoms with van der Waals surface area (Å²) in [5.41, 5.74) is 6.74. The van der Waals surface area contributed by atoms with E-state index < -0.39 is 0 Å². The molecule has 5 heteroatoms. The van der Waals surface area contributed by atoms with Gasteiger partial charge in [-0.1, -0.05) is 13.8 Å². The van der Waals surface area contributed by atoms with Gasteiger partial charge in [-0.15, -0.1) is 0 Å². The highest BCUT2D eigenvalue weighted by atomic mass is 16.2. The molecule has 0 aliphatic heterocycles. The quantitative estimate of drug-likeness (QED) is 0.801. The lowest BCUT2D eigenvalue weighted by atomic mass is 10.2. The number of aryl methyl sites for hydroxylation is 1. The van der Waals surface area contributed by atoms with Crippen LogP contribution in [0.2, 0.25) is 0 Å². The van der Waals surface area contributed by atoms with Gasteiger partial charge < -0.3 is 11.1 Å². The number of rotatable bonds is 3. The van der Waals surface area contributed by atoms with Gasteiger partial charge >= 0.3 is 0 Å². The molecule has 1 aliphatic rings. The largest absolute Gasteiger partial charge is 0.396 e. The molecular weight excluding hydrogens is 204 g/mol. The van der Waals surface area contributed by atoms with Crippen LogP contribution in [0.25, 0.3) is 0 Å². The average molecular weight is 222 g/mol. The maximum absolute atomic E-state index is 11.9.